The van der Waals surface area contributed by atoms with Crippen LogP contribution in [0.3, 0.4) is 0 Å². The van der Waals surface area contributed by atoms with Crippen LogP contribution in [0.2, 0.25) is 0 Å². The van der Waals surface area contributed by atoms with Crippen molar-refractivity contribution in [2.45, 2.75) is 103 Å². The quantitative estimate of drug-likeness (QED) is 0.539. The molecule has 0 amide bonds. The van der Waals surface area contributed by atoms with Gasteiger partial charge in [-0.15, -0.1) is 0 Å². The van der Waals surface area contributed by atoms with Crippen LogP contribution in [-0.2, 0) is 0 Å². The highest BCUT2D eigenvalue weighted by atomic mass is 15.0. The topological polar surface area (TPSA) is 24.1 Å². The summed E-state index contributed by atoms with van der Waals surface area (Å²) in [6.45, 7) is 16.3. The molecule has 0 saturated heterocycles. The van der Waals surface area contributed by atoms with E-state index in [0.29, 0.717) is 17.8 Å². The molecule has 0 fully saturated rings. The fourth-order valence-electron chi connectivity index (χ4n) is 6.04. The van der Waals surface area contributed by atoms with Crippen molar-refractivity contribution in [1.29, 1.82) is 0 Å². The van der Waals surface area contributed by atoms with Crippen molar-refractivity contribution in [1.82, 2.24) is 0 Å². The minimum absolute atomic E-state index is 0.173. The fourth-order valence-corrected chi connectivity index (χ4v) is 6.04. The molecule has 2 aromatic carbocycles. The average Bonchev–Trinajstić information content (AvgIpc) is 2.64. The lowest BCUT2D eigenvalue weighted by molar-refractivity contribution is 0.453. The van der Waals surface area contributed by atoms with Gasteiger partial charge in [0.05, 0.1) is 0 Å². The molecule has 2 aliphatic rings. The Morgan fingerprint density at radius 1 is 0.800 bits per heavy atom. The maximum atomic E-state index is 3.75. The molecule has 0 spiro atoms. The van der Waals surface area contributed by atoms with Gasteiger partial charge < -0.3 is 10.6 Å². The third-order valence-corrected chi connectivity index (χ3v) is 7.17. The predicted molar refractivity (Wildman–Crippen MR) is 131 cm³/mol. The second-order valence-corrected chi connectivity index (χ2v) is 11.3. The summed E-state index contributed by atoms with van der Waals surface area (Å²) >= 11 is 0. The summed E-state index contributed by atoms with van der Waals surface area (Å²) in [6, 6.07) is 14.4. The Hall–Kier alpha value is -1.96. The smallest absolute Gasteiger partial charge is 0.0379 e. The zero-order valence-corrected chi connectivity index (χ0v) is 20.0. The van der Waals surface area contributed by atoms with Crippen molar-refractivity contribution >= 4 is 11.4 Å². The number of fused-ring (bicyclic) bond motifs is 2. The van der Waals surface area contributed by atoms with E-state index in [1.54, 1.807) is 0 Å². The SMILES string of the molecule is CCCC(c1ccc2c(c1)C(C)CC(C)(C)N2)c1ccc2c(c1)C(C)CC(C)(C)N2. The van der Waals surface area contributed by atoms with Crippen LogP contribution in [0.1, 0.15) is 114 Å². The fraction of sp³-hybridized carbons (Fsp3) is 0.571. The van der Waals surface area contributed by atoms with E-state index in [2.05, 4.69) is 95.5 Å². The molecule has 2 aromatic rings. The first kappa shape index (κ1) is 21.3. The van der Waals surface area contributed by atoms with E-state index in [9.17, 15) is 0 Å². The lowest BCUT2D eigenvalue weighted by atomic mass is 9.77. The maximum absolute atomic E-state index is 3.75. The van der Waals surface area contributed by atoms with Gasteiger partial charge in [-0.2, -0.15) is 0 Å². The second kappa shape index (κ2) is 7.62. The van der Waals surface area contributed by atoms with Crippen LogP contribution in [0.15, 0.2) is 36.4 Å². The highest BCUT2D eigenvalue weighted by Crippen LogP contribution is 2.43. The molecular formula is C28H40N2. The molecule has 0 saturated carbocycles. The third kappa shape index (κ3) is 4.11. The van der Waals surface area contributed by atoms with Crippen LogP contribution < -0.4 is 10.6 Å². The van der Waals surface area contributed by atoms with E-state index in [-0.39, 0.29) is 11.1 Å². The highest BCUT2D eigenvalue weighted by molar-refractivity contribution is 5.61. The van der Waals surface area contributed by atoms with E-state index in [1.807, 2.05) is 0 Å². The van der Waals surface area contributed by atoms with Crippen LogP contribution in [0.4, 0.5) is 11.4 Å². The maximum Gasteiger partial charge on any atom is 0.0379 e. The summed E-state index contributed by atoms with van der Waals surface area (Å²) in [6.07, 6.45) is 4.75. The first-order valence-corrected chi connectivity index (χ1v) is 11.9. The van der Waals surface area contributed by atoms with E-state index < -0.39 is 0 Å². The van der Waals surface area contributed by atoms with Gasteiger partial charge in [0.1, 0.15) is 0 Å². The Balaban J connectivity index is 1.71. The molecule has 0 aromatic heterocycles. The van der Waals surface area contributed by atoms with E-state index in [4.69, 9.17) is 0 Å². The highest BCUT2D eigenvalue weighted by Gasteiger charge is 2.31. The third-order valence-electron chi connectivity index (χ3n) is 7.17. The Bertz CT molecular complexity index is 851. The zero-order valence-electron chi connectivity index (χ0n) is 20.0. The molecule has 0 bridgehead atoms. The number of rotatable bonds is 4. The van der Waals surface area contributed by atoms with Crippen molar-refractivity contribution in [3.8, 4) is 0 Å². The van der Waals surface area contributed by atoms with Crippen molar-refractivity contribution in [3.05, 3.63) is 58.7 Å². The van der Waals surface area contributed by atoms with Crippen molar-refractivity contribution in [2.24, 2.45) is 0 Å². The minimum Gasteiger partial charge on any atom is -0.380 e. The van der Waals surface area contributed by atoms with Gasteiger partial charge in [-0.05, 0) is 93.2 Å². The monoisotopic (exact) mass is 404 g/mol. The lowest BCUT2D eigenvalue weighted by Gasteiger charge is -2.38. The lowest BCUT2D eigenvalue weighted by Crippen LogP contribution is -2.36. The molecule has 162 valence electrons. The van der Waals surface area contributed by atoms with Crippen molar-refractivity contribution in [3.63, 3.8) is 0 Å². The van der Waals surface area contributed by atoms with E-state index in [1.165, 1.54) is 59.3 Å². The van der Waals surface area contributed by atoms with Gasteiger partial charge in [0, 0.05) is 28.4 Å². The standard InChI is InChI=1S/C28H40N2/c1-8-9-22(20-10-12-25-23(14-20)18(2)16-27(4,5)29-25)21-11-13-26-24(15-21)19(3)17-28(6,7)30-26/h10-15,18-19,22,29-30H,8-9,16-17H2,1-7H3. The van der Waals surface area contributed by atoms with Gasteiger partial charge in [-0.3, -0.25) is 0 Å². The van der Waals surface area contributed by atoms with Gasteiger partial charge in [0.25, 0.3) is 0 Å². The molecule has 0 aliphatic carbocycles. The minimum atomic E-state index is 0.173. The van der Waals surface area contributed by atoms with Gasteiger partial charge >= 0.3 is 0 Å². The Labute approximate surface area is 183 Å². The molecule has 2 unspecified atom stereocenters. The van der Waals surface area contributed by atoms with Crippen LogP contribution in [0, 0.1) is 0 Å². The summed E-state index contributed by atoms with van der Waals surface area (Å²) < 4.78 is 0. The van der Waals surface area contributed by atoms with E-state index >= 15 is 0 Å². The molecule has 2 N–H and O–H groups in total. The van der Waals surface area contributed by atoms with Crippen LogP contribution >= 0.6 is 0 Å². The summed E-state index contributed by atoms with van der Waals surface area (Å²) in [7, 11) is 0. The van der Waals surface area contributed by atoms with Gasteiger partial charge in [0.2, 0.25) is 0 Å². The second-order valence-electron chi connectivity index (χ2n) is 11.3. The molecule has 2 aliphatic heterocycles. The van der Waals surface area contributed by atoms with Crippen LogP contribution in [0.25, 0.3) is 0 Å². The van der Waals surface area contributed by atoms with Crippen LogP contribution in [-0.4, -0.2) is 11.1 Å². The number of benzene rings is 2. The summed E-state index contributed by atoms with van der Waals surface area (Å²) in [4.78, 5) is 0. The molecule has 30 heavy (non-hydrogen) atoms. The Morgan fingerprint density at radius 2 is 1.23 bits per heavy atom. The Kier molecular flexibility index (Phi) is 5.41. The molecular weight excluding hydrogens is 364 g/mol. The summed E-state index contributed by atoms with van der Waals surface area (Å²) in [5, 5.41) is 7.50. The van der Waals surface area contributed by atoms with Crippen LogP contribution in [0.5, 0.6) is 0 Å². The first-order chi connectivity index (χ1) is 14.1. The average molecular weight is 405 g/mol. The number of hydrogen-bond acceptors (Lipinski definition) is 2. The van der Waals surface area contributed by atoms with Gasteiger partial charge in [0.15, 0.2) is 0 Å². The van der Waals surface area contributed by atoms with Gasteiger partial charge in [-0.25, -0.2) is 0 Å². The van der Waals surface area contributed by atoms with E-state index in [0.717, 1.165) is 0 Å². The predicted octanol–water partition coefficient (Wildman–Crippen LogP) is 8.01. The van der Waals surface area contributed by atoms with Crippen molar-refractivity contribution in [2.75, 3.05) is 10.6 Å². The molecule has 2 heteroatoms. The first-order valence-electron chi connectivity index (χ1n) is 11.9. The molecule has 4 rings (SSSR count). The summed E-state index contributed by atoms with van der Waals surface area (Å²) in [5.74, 6) is 1.65. The zero-order chi connectivity index (χ0) is 21.7. The van der Waals surface area contributed by atoms with Gasteiger partial charge in [-0.1, -0.05) is 51.5 Å². The number of hydrogen-bond donors (Lipinski definition) is 2. The normalized spacial score (nSPS) is 24.8. The summed E-state index contributed by atoms with van der Waals surface area (Å²) in [5.41, 5.74) is 8.91. The molecule has 2 heterocycles. The largest absolute Gasteiger partial charge is 0.380 e. The molecule has 2 atom stereocenters. The van der Waals surface area contributed by atoms with Crippen molar-refractivity contribution < 1.29 is 0 Å². The number of nitrogens with one attached hydrogen (secondary N) is 2. The Morgan fingerprint density at radius 3 is 1.63 bits per heavy atom. The molecule has 2 nitrogen and oxygen atoms in total. The molecule has 0 radical (unpaired) electrons. The number of anilines is 2.